The van der Waals surface area contributed by atoms with Crippen molar-refractivity contribution in [2.24, 2.45) is 0 Å². The number of halogens is 2. The average Bonchev–Trinajstić information content (AvgIpc) is 2.59. The third-order valence-corrected chi connectivity index (χ3v) is 6.00. The van der Waals surface area contributed by atoms with Crippen LogP contribution in [0.1, 0.15) is 24.5 Å². The Morgan fingerprint density at radius 2 is 1.81 bits per heavy atom. The lowest BCUT2D eigenvalue weighted by Gasteiger charge is -2.16. The van der Waals surface area contributed by atoms with E-state index >= 15 is 0 Å². The topological polar surface area (TPSA) is 42.0 Å². The van der Waals surface area contributed by atoms with Gasteiger partial charge in [0, 0.05) is 21.1 Å². The molecule has 1 heterocycles. The van der Waals surface area contributed by atoms with E-state index < -0.39 is 0 Å². The predicted molar refractivity (Wildman–Crippen MR) is 116 cm³/mol. The van der Waals surface area contributed by atoms with E-state index in [2.05, 4.69) is 31.3 Å². The number of hydrogen-bond acceptors (Lipinski definition) is 3. The average molecular weight is 419 g/mol. The second kappa shape index (κ2) is 8.51. The first-order chi connectivity index (χ1) is 12.9. The lowest BCUT2D eigenvalue weighted by molar-refractivity contribution is -0.115. The van der Waals surface area contributed by atoms with Crippen molar-refractivity contribution < 1.29 is 4.79 Å². The highest BCUT2D eigenvalue weighted by Gasteiger charge is 2.20. The zero-order valence-electron chi connectivity index (χ0n) is 15.3. The van der Waals surface area contributed by atoms with Crippen LogP contribution in [-0.2, 0) is 4.79 Å². The first kappa shape index (κ1) is 20.0. The lowest BCUT2D eigenvalue weighted by Crippen LogP contribution is -2.24. The Balaban J connectivity index is 1.83. The lowest BCUT2D eigenvalue weighted by atomic mass is 10.1. The fourth-order valence-electron chi connectivity index (χ4n) is 2.91. The summed E-state index contributed by atoms with van der Waals surface area (Å²) in [4.78, 5) is 17.5. The van der Waals surface area contributed by atoms with Gasteiger partial charge in [0.15, 0.2) is 0 Å². The molecule has 1 unspecified atom stereocenters. The summed E-state index contributed by atoms with van der Waals surface area (Å²) in [7, 11) is 0. The van der Waals surface area contributed by atoms with Gasteiger partial charge in [-0.25, -0.2) is 4.98 Å². The first-order valence-electron chi connectivity index (χ1n) is 8.68. The molecule has 0 bridgehead atoms. The predicted octanol–water partition coefficient (Wildman–Crippen LogP) is 6.67. The van der Waals surface area contributed by atoms with Crippen LogP contribution in [0.4, 0.5) is 5.69 Å². The molecular formula is C21H20Cl2N2OS. The number of aromatic nitrogens is 1. The van der Waals surface area contributed by atoms with E-state index in [0.717, 1.165) is 27.1 Å². The Kier molecular flexibility index (Phi) is 6.30. The normalized spacial score (nSPS) is 12.2. The second-order valence-corrected chi connectivity index (χ2v) is 8.51. The number of pyridine rings is 1. The number of carbonyl (C=O) groups excluding carboxylic acids is 1. The van der Waals surface area contributed by atoms with E-state index in [1.807, 2.05) is 19.1 Å². The number of rotatable bonds is 5. The van der Waals surface area contributed by atoms with Crippen molar-refractivity contribution in [2.75, 3.05) is 5.32 Å². The maximum Gasteiger partial charge on any atom is 0.237 e. The zero-order valence-corrected chi connectivity index (χ0v) is 17.7. The van der Waals surface area contributed by atoms with Gasteiger partial charge in [-0.1, -0.05) is 60.1 Å². The minimum Gasteiger partial charge on any atom is -0.325 e. The van der Waals surface area contributed by atoms with Gasteiger partial charge in [-0.3, -0.25) is 4.79 Å². The molecule has 140 valence electrons. The third-order valence-electron chi connectivity index (χ3n) is 4.28. The van der Waals surface area contributed by atoms with Crippen molar-refractivity contribution in [1.82, 2.24) is 4.98 Å². The Hall–Kier alpha value is -1.75. The summed E-state index contributed by atoms with van der Waals surface area (Å²) in [6.45, 7) is 6.11. The molecule has 0 saturated carbocycles. The highest BCUT2D eigenvalue weighted by atomic mass is 35.5. The van der Waals surface area contributed by atoms with Crippen LogP contribution in [0, 0.1) is 13.8 Å². The molecule has 0 fully saturated rings. The largest absolute Gasteiger partial charge is 0.325 e. The number of fused-ring (bicyclic) bond motifs is 1. The number of anilines is 1. The Labute approximate surface area is 173 Å². The number of thioether (sulfide) groups is 1. The van der Waals surface area contributed by atoms with Crippen LogP contribution >= 0.6 is 35.0 Å². The standard InChI is InChI=1S/C21H20Cl2N2OS/c1-4-18(21(26)24-16-10-14(22)9-15(23)11-16)27-19-8-13(3)17-7-5-6-12(2)20(17)25-19/h5-11,18H,4H2,1-3H3,(H,24,26). The van der Waals surface area contributed by atoms with Crippen molar-refractivity contribution in [3.63, 3.8) is 0 Å². The summed E-state index contributed by atoms with van der Waals surface area (Å²) < 4.78 is 0. The molecule has 27 heavy (non-hydrogen) atoms. The van der Waals surface area contributed by atoms with E-state index in [-0.39, 0.29) is 11.2 Å². The molecule has 3 aromatic rings. The number of benzene rings is 2. The summed E-state index contributed by atoms with van der Waals surface area (Å²) in [5, 5.41) is 5.60. The molecule has 1 amide bonds. The number of para-hydroxylation sites is 1. The molecule has 3 rings (SSSR count). The third kappa shape index (κ3) is 4.75. The highest BCUT2D eigenvalue weighted by Crippen LogP contribution is 2.30. The molecule has 0 spiro atoms. The molecule has 0 radical (unpaired) electrons. The minimum absolute atomic E-state index is 0.0924. The maximum atomic E-state index is 12.7. The molecular weight excluding hydrogens is 399 g/mol. The zero-order chi connectivity index (χ0) is 19.6. The van der Waals surface area contributed by atoms with Gasteiger partial charge < -0.3 is 5.32 Å². The number of nitrogens with one attached hydrogen (secondary N) is 1. The van der Waals surface area contributed by atoms with Gasteiger partial charge in [0.1, 0.15) is 0 Å². The number of hydrogen-bond donors (Lipinski definition) is 1. The van der Waals surface area contributed by atoms with Crippen molar-refractivity contribution in [1.29, 1.82) is 0 Å². The van der Waals surface area contributed by atoms with Crippen LogP contribution in [0.3, 0.4) is 0 Å². The van der Waals surface area contributed by atoms with Gasteiger partial charge >= 0.3 is 0 Å². The molecule has 3 nitrogen and oxygen atoms in total. The van der Waals surface area contributed by atoms with Gasteiger partial charge in [-0.2, -0.15) is 0 Å². The summed E-state index contributed by atoms with van der Waals surface area (Å²) in [5.74, 6) is -0.0924. The SMILES string of the molecule is CCC(Sc1cc(C)c2cccc(C)c2n1)C(=O)Nc1cc(Cl)cc(Cl)c1. The van der Waals surface area contributed by atoms with E-state index in [1.54, 1.807) is 18.2 Å². The molecule has 0 aliphatic heterocycles. The number of carbonyl (C=O) groups is 1. The number of nitrogens with zero attached hydrogens (tertiary/aromatic N) is 1. The van der Waals surface area contributed by atoms with Crippen molar-refractivity contribution in [3.05, 3.63) is 63.6 Å². The van der Waals surface area contributed by atoms with E-state index in [1.165, 1.54) is 11.8 Å². The molecule has 1 N–H and O–H groups in total. The Morgan fingerprint density at radius 3 is 2.48 bits per heavy atom. The molecule has 6 heteroatoms. The minimum atomic E-state index is -0.267. The van der Waals surface area contributed by atoms with E-state index in [9.17, 15) is 4.79 Å². The molecule has 0 aliphatic carbocycles. The summed E-state index contributed by atoms with van der Waals surface area (Å²) in [6.07, 6.45) is 0.678. The van der Waals surface area contributed by atoms with Crippen LogP contribution in [-0.4, -0.2) is 16.1 Å². The van der Waals surface area contributed by atoms with Crippen LogP contribution in [0.25, 0.3) is 10.9 Å². The number of aryl methyl sites for hydroxylation is 2. The Bertz CT molecular complexity index is 987. The van der Waals surface area contributed by atoms with Crippen LogP contribution < -0.4 is 5.32 Å². The van der Waals surface area contributed by atoms with Gasteiger partial charge in [0.2, 0.25) is 5.91 Å². The summed E-state index contributed by atoms with van der Waals surface area (Å²) >= 11 is 13.5. The van der Waals surface area contributed by atoms with Gasteiger partial charge in [0.05, 0.1) is 15.8 Å². The molecule has 2 aromatic carbocycles. The molecule has 0 saturated heterocycles. The van der Waals surface area contributed by atoms with Gasteiger partial charge in [0.25, 0.3) is 0 Å². The molecule has 0 aliphatic rings. The second-order valence-electron chi connectivity index (χ2n) is 6.41. The van der Waals surface area contributed by atoms with Crippen molar-refractivity contribution >= 4 is 57.5 Å². The van der Waals surface area contributed by atoms with Gasteiger partial charge in [-0.05, 0) is 55.7 Å². The fourth-order valence-corrected chi connectivity index (χ4v) is 4.45. The fraction of sp³-hybridized carbons (Fsp3) is 0.238. The smallest absolute Gasteiger partial charge is 0.237 e. The quantitative estimate of drug-likeness (QED) is 0.470. The maximum absolute atomic E-state index is 12.7. The van der Waals surface area contributed by atoms with Gasteiger partial charge in [-0.15, -0.1) is 0 Å². The Morgan fingerprint density at radius 1 is 1.11 bits per heavy atom. The number of amides is 1. The first-order valence-corrected chi connectivity index (χ1v) is 10.3. The van der Waals surface area contributed by atoms with Crippen molar-refractivity contribution in [3.8, 4) is 0 Å². The van der Waals surface area contributed by atoms with Crippen LogP contribution in [0.15, 0.2) is 47.5 Å². The van der Waals surface area contributed by atoms with E-state index in [4.69, 9.17) is 28.2 Å². The molecule has 1 atom stereocenters. The van der Waals surface area contributed by atoms with E-state index in [0.29, 0.717) is 22.2 Å². The molecule has 1 aromatic heterocycles. The van der Waals surface area contributed by atoms with Crippen molar-refractivity contribution in [2.45, 2.75) is 37.5 Å². The van der Waals surface area contributed by atoms with Crippen LogP contribution in [0.5, 0.6) is 0 Å². The monoisotopic (exact) mass is 418 g/mol. The highest BCUT2D eigenvalue weighted by molar-refractivity contribution is 8.00. The summed E-state index contributed by atoms with van der Waals surface area (Å²) in [6, 6.07) is 13.2. The van der Waals surface area contributed by atoms with Crippen LogP contribution in [0.2, 0.25) is 10.0 Å². The summed E-state index contributed by atoms with van der Waals surface area (Å²) in [5.41, 5.74) is 3.86.